The fourth-order valence-electron chi connectivity index (χ4n) is 1.63. The van der Waals surface area contributed by atoms with Crippen LogP contribution < -0.4 is 20.1 Å². The predicted octanol–water partition coefficient (Wildman–Crippen LogP) is 2.03. The highest BCUT2D eigenvalue weighted by molar-refractivity contribution is 5.60. The van der Waals surface area contributed by atoms with Gasteiger partial charge in [0.05, 0.1) is 14.2 Å². The van der Waals surface area contributed by atoms with Crippen molar-refractivity contribution in [1.29, 1.82) is 0 Å². The number of nitrogens with one attached hydrogen (secondary N) is 2. The number of likely N-dealkylation sites (N-methyl/N-ethyl adjacent to an activating group) is 1. The molecule has 0 saturated carbocycles. The molecular weight excluding hydrogens is 216 g/mol. The summed E-state index contributed by atoms with van der Waals surface area (Å²) in [7, 11) is 3.30. The Morgan fingerprint density at radius 2 is 1.71 bits per heavy atom. The van der Waals surface area contributed by atoms with Gasteiger partial charge >= 0.3 is 0 Å². The van der Waals surface area contributed by atoms with E-state index >= 15 is 0 Å². The van der Waals surface area contributed by atoms with Crippen LogP contribution in [-0.4, -0.2) is 33.9 Å². The number of methoxy groups -OCH3 is 2. The van der Waals surface area contributed by atoms with Gasteiger partial charge in [-0.25, -0.2) is 0 Å². The van der Waals surface area contributed by atoms with Crippen LogP contribution in [0.1, 0.15) is 12.5 Å². The van der Waals surface area contributed by atoms with Gasteiger partial charge in [-0.1, -0.05) is 6.92 Å². The maximum absolute atomic E-state index is 5.28. The first-order valence-corrected chi connectivity index (χ1v) is 5.90. The van der Waals surface area contributed by atoms with Crippen LogP contribution in [0.3, 0.4) is 0 Å². The number of hydrogen-bond acceptors (Lipinski definition) is 4. The lowest BCUT2D eigenvalue weighted by Crippen LogP contribution is -2.21. The standard InChI is InChI=1S/C13H22N2O2/c1-5-14-6-7-15-11-9-13(17-4)12(16-3)8-10(11)2/h8-9,14-15H,5-7H2,1-4H3. The second kappa shape index (κ2) is 7.01. The Morgan fingerprint density at radius 1 is 1.06 bits per heavy atom. The van der Waals surface area contributed by atoms with Gasteiger partial charge in [-0.05, 0) is 25.1 Å². The Morgan fingerprint density at radius 3 is 2.29 bits per heavy atom. The molecule has 0 amide bonds. The maximum Gasteiger partial charge on any atom is 0.162 e. The number of hydrogen-bond donors (Lipinski definition) is 2. The minimum Gasteiger partial charge on any atom is -0.493 e. The summed E-state index contributed by atoms with van der Waals surface area (Å²) in [4.78, 5) is 0. The summed E-state index contributed by atoms with van der Waals surface area (Å²) in [5.41, 5.74) is 2.24. The summed E-state index contributed by atoms with van der Waals surface area (Å²) in [5, 5.41) is 6.65. The molecule has 0 aliphatic carbocycles. The highest BCUT2D eigenvalue weighted by Gasteiger charge is 2.07. The molecule has 0 bridgehead atoms. The topological polar surface area (TPSA) is 42.5 Å². The predicted molar refractivity (Wildman–Crippen MR) is 71.3 cm³/mol. The van der Waals surface area contributed by atoms with Crippen molar-refractivity contribution >= 4 is 5.69 Å². The molecular formula is C13H22N2O2. The first-order valence-electron chi connectivity index (χ1n) is 5.90. The van der Waals surface area contributed by atoms with Crippen molar-refractivity contribution < 1.29 is 9.47 Å². The van der Waals surface area contributed by atoms with Crippen molar-refractivity contribution in [2.75, 3.05) is 39.2 Å². The molecule has 0 atom stereocenters. The van der Waals surface area contributed by atoms with Crippen LogP contribution in [0.4, 0.5) is 5.69 Å². The van der Waals surface area contributed by atoms with Crippen LogP contribution in [-0.2, 0) is 0 Å². The molecule has 4 heteroatoms. The number of aryl methyl sites for hydroxylation is 1. The van der Waals surface area contributed by atoms with E-state index in [1.54, 1.807) is 14.2 Å². The smallest absolute Gasteiger partial charge is 0.162 e. The van der Waals surface area contributed by atoms with Crippen LogP contribution in [0.2, 0.25) is 0 Å². The van der Waals surface area contributed by atoms with Crippen molar-refractivity contribution in [2.45, 2.75) is 13.8 Å². The fraction of sp³-hybridized carbons (Fsp3) is 0.538. The van der Waals surface area contributed by atoms with Gasteiger partial charge in [-0.3, -0.25) is 0 Å². The van der Waals surface area contributed by atoms with E-state index in [1.165, 1.54) is 0 Å². The van der Waals surface area contributed by atoms with Gasteiger partial charge in [0.1, 0.15) is 0 Å². The summed E-state index contributed by atoms with van der Waals surface area (Å²) in [6, 6.07) is 3.95. The van der Waals surface area contributed by atoms with E-state index in [0.29, 0.717) is 0 Å². The number of rotatable bonds is 7. The van der Waals surface area contributed by atoms with Gasteiger partial charge in [-0.15, -0.1) is 0 Å². The van der Waals surface area contributed by atoms with E-state index in [1.807, 2.05) is 12.1 Å². The third-order valence-corrected chi connectivity index (χ3v) is 2.60. The van der Waals surface area contributed by atoms with Crippen LogP contribution in [0.5, 0.6) is 11.5 Å². The average molecular weight is 238 g/mol. The van der Waals surface area contributed by atoms with E-state index in [-0.39, 0.29) is 0 Å². The van der Waals surface area contributed by atoms with E-state index in [9.17, 15) is 0 Å². The molecule has 4 nitrogen and oxygen atoms in total. The molecule has 1 aromatic carbocycles. The number of anilines is 1. The Labute approximate surface area is 103 Å². The molecule has 0 heterocycles. The molecule has 0 unspecified atom stereocenters. The van der Waals surface area contributed by atoms with Crippen LogP contribution in [0.25, 0.3) is 0 Å². The largest absolute Gasteiger partial charge is 0.493 e. The second-order valence-corrected chi connectivity index (χ2v) is 3.80. The zero-order valence-electron chi connectivity index (χ0n) is 11.1. The first-order chi connectivity index (χ1) is 8.22. The Kier molecular flexibility index (Phi) is 5.63. The molecule has 17 heavy (non-hydrogen) atoms. The molecule has 0 fully saturated rings. The third kappa shape index (κ3) is 3.82. The molecule has 0 spiro atoms. The third-order valence-electron chi connectivity index (χ3n) is 2.60. The van der Waals surface area contributed by atoms with Crippen LogP contribution >= 0.6 is 0 Å². The molecule has 0 saturated heterocycles. The Balaban J connectivity index is 2.71. The molecule has 0 aromatic heterocycles. The Bertz CT molecular complexity index is 354. The van der Waals surface area contributed by atoms with Crippen molar-refractivity contribution in [3.8, 4) is 11.5 Å². The zero-order valence-corrected chi connectivity index (χ0v) is 11.1. The number of ether oxygens (including phenoxy) is 2. The minimum absolute atomic E-state index is 0.754. The van der Waals surface area contributed by atoms with Gasteiger partial charge in [0.25, 0.3) is 0 Å². The van der Waals surface area contributed by atoms with Gasteiger partial charge in [0, 0.05) is 24.8 Å². The molecule has 0 aliphatic heterocycles. The summed E-state index contributed by atoms with van der Waals surface area (Å²) >= 11 is 0. The van der Waals surface area contributed by atoms with Crippen molar-refractivity contribution in [2.24, 2.45) is 0 Å². The lowest BCUT2D eigenvalue weighted by molar-refractivity contribution is 0.355. The molecule has 1 aromatic rings. The quantitative estimate of drug-likeness (QED) is 0.713. The molecule has 2 N–H and O–H groups in total. The van der Waals surface area contributed by atoms with Gasteiger partial charge < -0.3 is 20.1 Å². The number of benzene rings is 1. The molecule has 1 rings (SSSR count). The summed E-state index contributed by atoms with van der Waals surface area (Å²) in [6.45, 7) is 6.99. The van der Waals surface area contributed by atoms with Gasteiger partial charge in [0.2, 0.25) is 0 Å². The monoisotopic (exact) mass is 238 g/mol. The highest BCUT2D eigenvalue weighted by Crippen LogP contribution is 2.32. The van der Waals surface area contributed by atoms with E-state index < -0.39 is 0 Å². The van der Waals surface area contributed by atoms with E-state index in [0.717, 1.165) is 42.4 Å². The van der Waals surface area contributed by atoms with Crippen molar-refractivity contribution in [3.63, 3.8) is 0 Å². The van der Waals surface area contributed by atoms with Crippen molar-refractivity contribution in [1.82, 2.24) is 5.32 Å². The molecule has 0 radical (unpaired) electrons. The lowest BCUT2D eigenvalue weighted by atomic mass is 10.1. The summed E-state index contributed by atoms with van der Waals surface area (Å²) < 4.78 is 10.5. The van der Waals surface area contributed by atoms with Crippen LogP contribution in [0.15, 0.2) is 12.1 Å². The lowest BCUT2D eigenvalue weighted by Gasteiger charge is -2.14. The fourth-order valence-corrected chi connectivity index (χ4v) is 1.63. The maximum atomic E-state index is 5.28. The van der Waals surface area contributed by atoms with E-state index in [2.05, 4.69) is 24.5 Å². The van der Waals surface area contributed by atoms with Crippen molar-refractivity contribution in [3.05, 3.63) is 17.7 Å². The van der Waals surface area contributed by atoms with E-state index in [4.69, 9.17) is 9.47 Å². The molecule has 0 aliphatic rings. The van der Waals surface area contributed by atoms with Gasteiger partial charge in [-0.2, -0.15) is 0 Å². The first kappa shape index (κ1) is 13.6. The second-order valence-electron chi connectivity index (χ2n) is 3.80. The Hall–Kier alpha value is -1.42. The molecule has 96 valence electrons. The average Bonchev–Trinajstić information content (AvgIpc) is 2.35. The normalized spacial score (nSPS) is 10.1. The summed E-state index contributed by atoms with van der Waals surface area (Å²) in [5.74, 6) is 1.52. The highest BCUT2D eigenvalue weighted by atomic mass is 16.5. The van der Waals surface area contributed by atoms with Gasteiger partial charge in [0.15, 0.2) is 11.5 Å². The minimum atomic E-state index is 0.754. The van der Waals surface area contributed by atoms with Crippen LogP contribution in [0, 0.1) is 6.92 Å². The zero-order chi connectivity index (χ0) is 12.7. The summed E-state index contributed by atoms with van der Waals surface area (Å²) in [6.07, 6.45) is 0. The SMILES string of the molecule is CCNCCNc1cc(OC)c(OC)cc1C.